The molecule has 2 N–H and O–H groups in total. The largest absolute Gasteiger partial charge is 0.456 e. The average Bonchev–Trinajstić information content (AvgIpc) is 2.72. The molecule has 0 radical (unpaired) electrons. The zero-order valence-electron chi connectivity index (χ0n) is 21.6. The highest BCUT2D eigenvalue weighted by Gasteiger charge is 2.23. The van der Waals surface area contributed by atoms with Gasteiger partial charge in [0.25, 0.3) is 0 Å². The van der Waals surface area contributed by atoms with Gasteiger partial charge < -0.3 is 19.7 Å². The van der Waals surface area contributed by atoms with Crippen molar-refractivity contribution in [3.05, 3.63) is 77.4 Å². The molecule has 2 aromatic carbocycles. The van der Waals surface area contributed by atoms with Crippen molar-refractivity contribution in [2.45, 2.75) is 72.2 Å². The maximum atomic E-state index is 11.8. The molecule has 0 aromatic heterocycles. The Balaban J connectivity index is 0.000000342. The Morgan fingerprint density at radius 2 is 1.06 bits per heavy atom. The summed E-state index contributed by atoms with van der Waals surface area (Å²) >= 11 is 0. The number of aliphatic hydroxyl groups is 2. The number of carbonyl (C=O) groups excluding carboxylic acids is 2. The lowest BCUT2D eigenvalue weighted by atomic mass is 9.96. The maximum absolute atomic E-state index is 11.8. The molecule has 0 fully saturated rings. The highest BCUT2D eigenvalue weighted by Crippen LogP contribution is 2.21. The molecule has 0 spiro atoms. The number of hydrogen-bond acceptors (Lipinski definition) is 6. The molecule has 186 valence electrons. The third-order valence-electron chi connectivity index (χ3n) is 4.46. The number of allylic oxidation sites excluding steroid dienone is 1. The molecule has 2 rings (SSSR count). The molecule has 1 atom stereocenters. The molecule has 0 saturated heterocycles. The number of benzene rings is 2. The van der Waals surface area contributed by atoms with E-state index in [0.29, 0.717) is 16.7 Å². The second-order valence-electron chi connectivity index (χ2n) is 10.4. The summed E-state index contributed by atoms with van der Waals surface area (Å²) in [7, 11) is 0. The lowest BCUT2D eigenvalue weighted by Crippen LogP contribution is -2.26. The van der Waals surface area contributed by atoms with Gasteiger partial charge in [0.2, 0.25) is 0 Å². The molecular formula is C28H38O6. The van der Waals surface area contributed by atoms with Crippen LogP contribution in [-0.4, -0.2) is 40.0 Å². The summed E-state index contributed by atoms with van der Waals surface area (Å²) in [6.07, 6.45) is 0. The predicted molar refractivity (Wildman–Crippen MR) is 135 cm³/mol. The number of rotatable bonds is 5. The second kappa shape index (κ2) is 11.4. The fourth-order valence-electron chi connectivity index (χ4n) is 2.62. The summed E-state index contributed by atoms with van der Waals surface area (Å²) in [4.78, 5) is 23.5. The summed E-state index contributed by atoms with van der Waals surface area (Å²) < 4.78 is 10.5. The number of ether oxygens (including phenoxy) is 2. The monoisotopic (exact) mass is 470 g/mol. The van der Waals surface area contributed by atoms with Crippen molar-refractivity contribution in [1.29, 1.82) is 0 Å². The van der Waals surface area contributed by atoms with Gasteiger partial charge in [-0.15, -0.1) is 0 Å². The Hall–Kier alpha value is -2.96. The van der Waals surface area contributed by atoms with Crippen LogP contribution in [0.25, 0.3) is 5.57 Å². The summed E-state index contributed by atoms with van der Waals surface area (Å²) in [6, 6.07) is 13.6. The minimum absolute atomic E-state index is 0.291. The standard InChI is InChI=1S/C14H20O4.C14H18O2/c1-13(2,3)18-12(16)10-5-7-11(8-6-10)14(4,17)9-15;1-10(2)11-6-8-12(9-7-11)13(15)16-14(3,4)5/h5-8,15,17H,9H2,1-4H3;6-9H,1H2,2-5H3/t14-;/m1./s1. The van der Waals surface area contributed by atoms with E-state index in [1.165, 1.54) is 6.92 Å². The first-order valence-electron chi connectivity index (χ1n) is 11.1. The van der Waals surface area contributed by atoms with Gasteiger partial charge in [-0.25, -0.2) is 9.59 Å². The van der Waals surface area contributed by atoms with Gasteiger partial charge in [0.05, 0.1) is 17.7 Å². The van der Waals surface area contributed by atoms with Crippen LogP contribution in [0.4, 0.5) is 0 Å². The highest BCUT2D eigenvalue weighted by molar-refractivity contribution is 5.90. The normalized spacial score (nSPS) is 13.1. The van der Waals surface area contributed by atoms with Crippen LogP contribution in [0.2, 0.25) is 0 Å². The molecule has 0 amide bonds. The first kappa shape index (κ1) is 29.1. The Morgan fingerprint density at radius 3 is 1.35 bits per heavy atom. The minimum Gasteiger partial charge on any atom is -0.456 e. The van der Waals surface area contributed by atoms with Crippen LogP contribution in [0.3, 0.4) is 0 Å². The third-order valence-corrected chi connectivity index (χ3v) is 4.46. The number of hydrogen-bond donors (Lipinski definition) is 2. The summed E-state index contributed by atoms with van der Waals surface area (Å²) in [5, 5.41) is 18.9. The van der Waals surface area contributed by atoms with Crippen molar-refractivity contribution < 1.29 is 29.3 Å². The smallest absolute Gasteiger partial charge is 0.338 e. The lowest BCUT2D eigenvalue weighted by Gasteiger charge is -2.22. The Labute approximate surface area is 203 Å². The van der Waals surface area contributed by atoms with Crippen LogP contribution >= 0.6 is 0 Å². The SMILES string of the molecule is C=C(C)c1ccc(C(=O)OC(C)(C)C)cc1.CC(C)(C)OC(=O)c1ccc([C@](C)(O)CO)cc1. The molecule has 0 aliphatic rings. The van der Waals surface area contributed by atoms with Crippen LogP contribution in [0.15, 0.2) is 55.1 Å². The van der Waals surface area contributed by atoms with Crippen LogP contribution in [0, 0.1) is 0 Å². The van der Waals surface area contributed by atoms with E-state index in [4.69, 9.17) is 14.6 Å². The molecule has 34 heavy (non-hydrogen) atoms. The van der Waals surface area contributed by atoms with E-state index in [1.54, 1.807) is 57.2 Å². The van der Waals surface area contributed by atoms with Crippen molar-refractivity contribution in [3.8, 4) is 0 Å². The van der Waals surface area contributed by atoms with Crippen LogP contribution < -0.4 is 0 Å². The minimum atomic E-state index is -1.30. The van der Waals surface area contributed by atoms with Crippen LogP contribution in [0.5, 0.6) is 0 Å². The van der Waals surface area contributed by atoms with Crippen molar-refractivity contribution in [2.75, 3.05) is 6.61 Å². The highest BCUT2D eigenvalue weighted by atomic mass is 16.6. The van der Waals surface area contributed by atoms with Crippen molar-refractivity contribution in [2.24, 2.45) is 0 Å². The molecule has 6 nitrogen and oxygen atoms in total. The molecule has 6 heteroatoms. The Morgan fingerprint density at radius 1 is 0.735 bits per heavy atom. The number of aliphatic hydroxyl groups excluding tert-OH is 1. The third kappa shape index (κ3) is 9.89. The van der Waals surface area contributed by atoms with Gasteiger partial charge in [0.1, 0.15) is 16.8 Å². The summed E-state index contributed by atoms with van der Waals surface area (Å²) in [5.41, 5.74) is 1.27. The van der Waals surface area contributed by atoms with Gasteiger partial charge in [-0.1, -0.05) is 36.4 Å². The van der Waals surface area contributed by atoms with Crippen molar-refractivity contribution in [1.82, 2.24) is 0 Å². The maximum Gasteiger partial charge on any atom is 0.338 e. The van der Waals surface area contributed by atoms with E-state index in [1.807, 2.05) is 39.8 Å². The average molecular weight is 471 g/mol. The van der Waals surface area contributed by atoms with E-state index >= 15 is 0 Å². The van der Waals surface area contributed by atoms with E-state index in [-0.39, 0.29) is 12.6 Å². The zero-order valence-corrected chi connectivity index (χ0v) is 21.6. The fourth-order valence-corrected chi connectivity index (χ4v) is 2.62. The van der Waals surface area contributed by atoms with Gasteiger partial charge in [0, 0.05) is 0 Å². The summed E-state index contributed by atoms with van der Waals surface area (Å²) in [6.45, 7) is 17.9. The summed E-state index contributed by atoms with van der Waals surface area (Å²) in [5.74, 6) is -0.696. The molecule has 0 aliphatic carbocycles. The van der Waals surface area contributed by atoms with Gasteiger partial charge in [0.15, 0.2) is 0 Å². The van der Waals surface area contributed by atoms with Gasteiger partial charge in [-0.3, -0.25) is 0 Å². The quantitative estimate of drug-likeness (QED) is 0.559. The molecular weight excluding hydrogens is 432 g/mol. The predicted octanol–water partition coefficient (Wildman–Crippen LogP) is 5.52. The molecule has 0 saturated carbocycles. The van der Waals surface area contributed by atoms with Gasteiger partial charge in [-0.2, -0.15) is 0 Å². The van der Waals surface area contributed by atoms with Crippen molar-refractivity contribution >= 4 is 17.5 Å². The molecule has 2 aromatic rings. The van der Waals surface area contributed by atoms with Crippen molar-refractivity contribution in [3.63, 3.8) is 0 Å². The molecule has 0 aliphatic heterocycles. The Bertz CT molecular complexity index is 972. The number of carbonyl (C=O) groups is 2. The first-order valence-corrected chi connectivity index (χ1v) is 11.1. The van der Waals surface area contributed by atoms with E-state index < -0.39 is 22.8 Å². The molecule has 0 bridgehead atoms. The molecule has 0 heterocycles. The van der Waals surface area contributed by atoms with Gasteiger partial charge >= 0.3 is 11.9 Å². The second-order valence-corrected chi connectivity index (χ2v) is 10.4. The van der Waals surface area contributed by atoms with E-state index in [0.717, 1.165) is 11.1 Å². The van der Waals surface area contributed by atoms with E-state index in [9.17, 15) is 14.7 Å². The zero-order chi connectivity index (χ0) is 26.3. The lowest BCUT2D eigenvalue weighted by molar-refractivity contribution is -0.00254. The van der Waals surface area contributed by atoms with E-state index in [2.05, 4.69) is 6.58 Å². The van der Waals surface area contributed by atoms with Crippen LogP contribution in [-0.2, 0) is 15.1 Å². The Kier molecular flexibility index (Phi) is 9.79. The molecule has 0 unspecified atom stereocenters. The van der Waals surface area contributed by atoms with Gasteiger partial charge in [-0.05, 0) is 90.8 Å². The van der Waals surface area contributed by atoms with Crippen LogP contribution in [0.1, 0.15) is 87.2 Å². The first-order chi connectivity index (χ1) is 15.4. The fraction of sp³-hybridized carbons (Fsp3) is 0.429. The topological polar surface area (TPSA) is 93.1 Å². The number of esters is 2.